The van der Waals surface area contributed by atoms with Gasteiger partial charge in [0.25, 0.3) is 23.6 Å². The maximum atomic E-state index is 13.6. The molecule has 5 aromatic rings. The molecule has 0 radical (unpaired) electrons. The van der Waals surface area contributed by atoms with E-state index in [1.165, 1.54) is 62.8 Å². The lowest BCUT2D eigenvalue weighted by atomic mass is 10.1. The van der Waals surface area contributed by atoms with E-state index in [0.29, 0.717) is 23.1 Å². The van der Waals surface area contributed by atoms with Crippen molar-refractivity contribution in [2.24, 2.45) is 20.5 Å². The molecule has 0 spiro atoms. The van der Waals surface area contributed by atoms with Crippen LogP contribution in [0.3, 0.4) is 0 Å². The smallest absolute Gasteiger partial charge is 0.259 e. The van der Waals surface area contributed by atoms with E-state index in [4.69, 9.17) is 55.9 Å². The molecule has 16 nitrogen and oxygen atoms in total. The number of alkyl halides is 2. The fraction of sp³-hybridized carbons (Fsp3) is 0.182. The minimum atomic E-state index is -1.69. The first-order valence-corrected chi connectivity index (χ1v) is 20.7. The van der Waals surface area contributed by atoms with Gasteiger partial charge in [-0.25, -0.2) is 0 Å². The van der Waals surface area contributed by atoms with Crippen LogP contribution in [0, 0.1) is 0 Å². The zero-order valence-electron chi connectivity index (χ0n) is 34.4. The molecule has 4 N–H and O–H groups in total. The van der Waals surface area contributed by atoms with Gasteiger partial charge in [0.15, 0.2) is 11.6 Å². The normalized spacial score (nSPS) is 12.0. The fourth-order valence-electron chi connectivity index (χ4n) is 5.61. The van der Waals surface area contributed by atoms with Gasteiger partial charge in [-0.05, 0) is 85.6 Å². The number of carbonyl (C=O) groups is 6. The van der Waals surface area contributed by atoms with E-state index >= 15 is 0 Å². The highest BCUT2D eigenvalue weighted by Gasteiger charge is 2.28. The average Bonchev–Trinajstić information content (AvgIpc) is 3.28. The van der Waals surface area contributed by atoms with Crippen LogP contribution in [0.15, 0.2) is 118 Å². The fourth-order valence-corrected chi connectivity index (χ4v) is 6.27. The Balaban J connectivity index is 1.30. The van der Waals surface area contributed by atoms with Gasteiger partial charge in [-0.3, -0.25) is 28.8 Å². The number of azo groups is 2. The summed E-state index contributed by atoms with van der Waals surface area (Å²) in [4.78, 5) is 78.3. The number of rotatable bonds is 18. The zero-order chi connectivity index (χ0) is 46.5. The summed E-state index contributed by atoms with van der Waals surface area (Å²) < 4.78 is 11.0. The number of anilines is 4. The second-order valence-corrected chi connectivity index (χ2v) is 14.9. The summed E-state index contributed by atoms with van der Waals surface area (Å²) in [7, 11) is 2.56. The Morgan fingerprint density at radius 2 is 0.922 bits per heavy atom. The lowest BCUT2D eigenvalue weighted by Gasteiger charge is -2.18. The molecule has 0 aromatic heterocycles. The number of carbonyl (C=O) groups excluding carboxylic acids is 6. The molecule has 0 bridgehead atoms. The van der Waals surface area contributed by atoms with Gasteiger partial charge in [-0.1, -0.05) is 47.5 Å². The Bertz CT molecular complexity index is 2620. The van der Waals surface area contributed by atoms with Gasteiger partial charge in [-0.2, -0.15) is 20.5 Å². The number of Topliss-reactive ketones (excluding diaryl/α,β-unsaturated/α-hetero) is 2. The van der Waals surface area contributed by atoms with Crippen molar-refractivity contribution in [2.45, 2.75) is 37.7 Å². The second-order valence-electron chi connectivity index (χ2n) is 13.6. The Kier molecular flexibility index (Phi) is 17.0. The molecule has 0 aliphatic heterocycles. The van der Waals surface area contributed by atoms with Crippen molar-refractivity contribution < 1.29 is 38.2 Å². The molecule has 2 unspecified atom stereocenters. The molecule has 0 aliphatic carbocycles. The van der Waals surface area contributed by atoms with E-state index in [-0.39, 0.29) is 55.4 Å². The Morgan fingerprint density at radius 1 is 0.531 bits per heavy atom. The van der Waals surface area contributed by atoms with Crippen molar-refractivity contribution in [1.82, 2.24) is 0 Å². The quantitative estimate of drug-likeness (QED) is 0.0375. The lowest BCUT2D eigenvalue weighted by Crippen LogP contribution is -2.32. The molecule has 0 saturated carbocycles. The summed E-state index contributed by atoms with van der Waals surface area (Å²) in [6, 6.07) is 21.6. The van der Waals surface area contributed by atoms with Crippen LogP contribution in [-0.2, 0) is 30.9 Å². The first-order chi connectivity index (χ1) is 30.6. The SMILES string of the molecule is COc1cc(NC(=O)C(N=Nc2cc(C(=O)Nc3ccc(CCl)cc3)ccc2Cl)C(C)=O)cc(OC)c1NC(=O)C(N=Nc1cc(C(=O)Nc2ccc(CCl)cc2)ccc1Cl)C(C)=O. The van der Waals surface area contributed by atoms with Crippen LogP contribution in [0.5, 0.6) is 11.5 Å². The van der Waals surface area contributed by atoms with Gasteiger partial charge in [0.1, 0.15) is 28.6 Å². The number of ether oxygens (including phenoxy) is 2. The van der Waals surface area contributed by atoms with E-state index in [0.717, 1.165) is 25.0 Å². The Labute approximate surface area is 386 Å². The van der Waals surface area contributed by atoms with Gasteiger partial charge in [0.2, 0.25) is 12.1 Å². The number of amides is 4. The summed E-state index contributed by atoms with van der Waals surface area (Å²) >= 11 is 24.3. The van der Waals surface area contributed by atoms with E-state index < -0.39 is 47.3 Å². The molecule has 330 valence electrons. The molecule has 0 fully saturated rings. The van der Waals surface area contributed by atoms with Crippen molar-refractivity contribution in [1.29, 1.82) is 0 Å². The van der Waals surface area contributed by atoms with E-state index in [1.54, 1.807) is 48.5 Å². The van der Waals surface area contributed by atoms with Crippen molar-refractivity contribution in [3.63, 3.8) is 0 Å². The van der Waals surface area contributed by atoms with Crippen LogP contribution in [0.1, 0.15) is 45.7 Å². The van der Waals surface area contributed by atoms with E-state index in [1.807, 2.05) is 0 Å². The molecule has 0 saturated heterocycles. The summed E-state index contributed by atoms with van der Waals surface area (Å²) in [6.07, 6.45) is 0. The van der Waals surface area contributed by atoms with Gasteiger partial charge < -0.3 is 30.7 Å². The number of hydrogen-bond acceptors (Lipinski definition) is 12. The van der Waals surface area contributed by atoms with Crippen molar-refractivity contribution in [2.75, 3.05) is 35.5 Å². The Morgan fingerprint density at radius 3 is 1.28 bits per heavy atom. The van der Waals surface area contributed by atoms with Crippen molar-refractivity contribution >= 4 is 116 Å². The first kappa shape index (κ1) is 48.3. The van der Waals surface area contributed by atoms with Crippen LogP contribution in [0.2, 0.25) is 10.0 Å². The van der Waals surface area contributed by atoms with E-state index in [9.17, 15) is 28.8 Å². The van der Waals surface area contributed by atoms with Gasteiger partial charge in [0, 0.05) is 52.1 Å². The number of nitrogens with zero attached hydrogens (tertiary/aromatic N) is 4. The predicted molar refractivity (Wildman–Crippen MR) is 246 cm³/mol. The van der Waals surface area contributed by atoms with Gasteiger partial charge in [0.05, 0.1) is 24.3 Å². The molecule has 0 aliphatic rings. The Hall–Kier alpha value is -6.72. The molecular formula is C44H38Cl4N8O8. The first-order valence-electron chi connectivity index (χ1n) is 18.9. The summed E-state index contributed by atoms with van der Waals surface area (Å²) in [6.45, 7) is 2.27. The number of methoxy groups -OCH3 is 2. The third-order valence-electron chi connectivity index (χ3n) is 9.00. The van der Waals surface area contributed by atoms with Gasteiger partial charge in [-0.15, -0.1) is 23.2 Å². The van der Waals surface area contributed by atoms with Crippen LogP contribution in [0.4, 0.5) is 34.1 Å². The molecule has 64 heavy (non-hydrogen) atoms. The topological polar surface area (TPSA) is 218 Å². The van der Waals surface area contributed by atoms with Crippen LogP contribution in [-0.4, -0.2) is 61.5 Å². The molecule has 0 heterocycles. The molecule has 5 rings (SSSR count). The average molecular weight is 949 g/mol. The zero-order valence-corrected chi connectivity index (χ0v) is 37.4. The number of nitrogens with one attached hydrogen (secondary N) is 4. The summed E-state index contributed by atoms with van der Waals surface area (Å²) in [5.41, 5.74) is 3.18. The minimum absolute atomic E-state index is 0.00868. The molecule has 4 amide bonds. The van der Waals surface area contributed by atoms with Crippen molar-refractivity contribution in [3.05, 3.63) is 129 Å². The summed E-state index contributed by atoms with van der Waals surface area (Å²) in [5.74, 6) is -3.58. The number of hydrogen-bond donors (Lipinski definition) is 4. The highest BCUT2D eigenvalue weighted by atomic mass is 35.5. The molecule has 2 atom stereocenters. The maximum absolute atomic E-state index is 13.6. The minimum Gasteiger partial charge on any atom is -0.494 e. The number of ketones is 2. The van der Waals surface area contributed by atoms with Crippen LogP contribution >= 0.6 is 46.4 Å². The van der Waals surface area contributed by atoms with Gasteiger partial charge >= 0.3 is 0 Å². The highest BCUT2D eigenvalue weighted by molar-refractivity contribution is 6.33. The predicted octanol–water partition coefficient (Wildman–Crippen LogP) is 10.4. The standard InChI is InChI=1S/C44H38Cl4N8O8/c1-23(57)38(55-53-34-17-27(9-15-32(34)47)41(59)49-29-11-5-25(21-45)6-12-29)43(61)51-31-19-36(63-3)40(37(20-31)64-4)52-44(62)39(24(2)58)56-54-35-18-28(10-16-33(35)48)42(60)50-30-13-7-26(22-46)8-14-30/h5-20,38-39H,21-22H2,1-4H3,(H,49,59)(H,50,60)(H,51,61)(H,52,62). The van der Waals surface area contributed by atoms with Crippen LogP contribution in [0.25, 0.3) is 0 Å². The van der Waals surface area contributed by atoms with Crippen molar-refractivity contribution in [3.8, 4) is 11.5 Å². The highest BCUT2D eigenvalue weighted by Crippen LogP contribution is 2.39. The molecular weight excluding hydrogens is 910 g/mol. The van der Waals surface area contributed by atoms with Crippen LogP contribution < -0.4 is 30.7 Å². The third kappa shape index (κ3) is 12.7. The third-order valence-corrected chi connectivity index (χ3v) is 10.3. The largest absolute Gasteiger partial charge is 0.494 e. The van der Waals surface area contributed by atoms with E-state index in [2.05, 4.69) is 41.7 Å². The second kappa shape index (κ2) is 22.6. The number of halogens is 4. The maximum Gasteiger partial charge on any atom is 0.259 e. The molecule has 20 heteroatoms. The monoisotopic (exact) mass is 946 g/mol. The summed E-state index contributed by atoms with van der Waals surface area (Å²) in [5, 5.41) is 26.8. The number of benzene rings is 5. The lowest BCUT2D eigenvalue weighted by molar-refractivity contribution is -0.127. The molecule has 5 aromatic carbocycles.